The Balaban J connectivity index is 2.56. The smallest absolute Gasteiger partial charge is 0.408 e. The van der Waals surface area contributed by atoms with Gasteiger partial charge >= 0.3 is 12.1 Å². The monoisotopic (exact) mass is 322 g/mol. The zero-order valence-corrected chi connectivity index (χ0v) is 13.2. The molecule has 0 heterocycles. The van der Waals surface area contributed by atoms with Crippen LogP contribution >= 0.6 is 0 Å². The van der Waals surface area contributed by atoms with Crippen LogP contribution in [-0.4, -0.2) is 35.7 Å². The lowest BCUT2D eigenvalue weighted by Crippen LogP contribution is -2.51. The normalized spacial score (nSPS) is 12.8. The number of hydrogen-bond donors (Lipinski definition) is 3. The van der Waals surface area contributed by atoms with Crippen molar-refractivity contribution in [2.45, 2.75) is 32.9 Å². The number of amides is 2. The number of ether oxygens (including phenoxy) is 1. The van der Waals surface area contributed by atoms with E-state index in [0.29, 0.717) is 6.42 Å². The summed E-state index contributed by atoms with van der Waals surface area (Å²) in [7, 11) is 0. The van der Waals surface area contributed by atoms with Crippen molar-refractivity contribution in [3.05, 3.63) is 35.9 Å². The van der Waals surface area contributed by atoms with Crippen LogP contribution in [0.3, 0.4) is 0 Å². The number of carbonyl (C=O) groups excluding carboxylic acids is 2. The van der Waals surface area contributed by atoms with Gasteiger partial charge in [-0.1, -0.05) is 50.6 Å². The molecule has 2 amide bonds. The van der Waals surface area contributed by atoms with E-state index in [1.165, 1.54) is 0 Å². The minimum atomic E-state index is -1.15. The molecule has 0 aliphatic carbocycles. The number of carbonyl (C=O) groups is 3. The van der Waals surface area contributed by atoms with Gasteiger partial charge in [0.1, 0.15) is 19.2 Å². The lowest BCUT2D eigenvalue weighted by molar-refractivity contribution is -0.138. The molecular weight excluding hydrogens is 300 g/mol. The summed E-state index contributed by atoms with van der Waals surface area (Å²) in [6, 6.07) is 8.31. The molecule has 7 nitrogen and oxygen atoms in total. The summed E-state index contributed by atoms with van der Waals surface area (Å²) in [5.41, 5.74) is 0.832. The van der Waals surface area contributed by atoms with Crippen LogP contribution in [0.15, 0.2) is 30.3 Å². The van der Waals surface area contributed by atoms with E-state index in [0.717, 1.165) is 5.56 Å². The highest BCUT2D eigenvalue weighted by molar-refractivity contribution is 5.88. The van der Waals surface area contributed by atoms with Gasteiger partial charge in [-0.3, -0.25) is 9.59 Å². The summed E-state index contributed by atoms with van der Waals surface area (Å²) in [5, 5.41) is 13.4. The highest BCUT2D eigenvalue weighted by Crippen LogP contribution is 2.09. The fourth-order valence-electron chi connectivity index (χ4n) is 1.87. The second kappa shape index (κ2) is 9.45. The molecule has 2 atom stereocenters. The van der Waals surface area contributed by atoms with E-state index in [1.807, 2.05) is 37.3 Å². The quantitative estimate of drug-likeness (QED) is 0.673. The number of carboxylic acid groups (broad SMARTS) is 1. The molecule has 0 saturated carbocycles. The van der Waals surface area contributed by atoms with Crippen molar-refractivity contribution in [2.24, 2.45) is 5.92 Å². The topological polar surface area (TPSA) is 105 Å². The van der Waals surface area contributed by atoms with Gasteiger partial charge in [-0.2, -0.15) is 0 Å². The van der Waals surface area contributed by atoms with Gasteiger partial charge in [0.2, 0.25) is 5.91 Å². The number of alkyl carbamates (subject to hydrolysis) is 1. The van der Waals surface area contributed by atoms with Crippen LogP contribution in [0.25, 0.3) is 0 Å². The third kappa shape index (κ3) is 6.82. The van der Waals surface area contributed by atoms with Crippen LogP contribution in [0, 0.1) is 5.92 Å². The Morgan fingerprint density at radius 3 is 2.43 bits per heavy atom. The Hall–Kier alpha value is -2.57. The lowest BCUT2D eigenvalue weighted by atomic mass is 9.98. The molecule has 1 aromatic rings. The molecule has 3 N–H and O–H groups in total. The Labute approximate surface area is 135 Å². The predicted octanol–water partition coefficient (Wildman–Crippen LogP) is 1.53. The molecule has 0 aliphatic rings. The molecular formula is C16H22N2O5. The average Bonchev–Trinajstić information content (AvgIpc) is 2.55. The molecule has 0 radical (unpaired) electrons. The number of hydrogen-bond acceptors (Lipinski definition) is 4. The van der Waals surface area contributed by atoms with Gasteiger partial charge in [-0.25, -0.2) is 4.79 Å². The Morgan fingerprint density at radius 2 is 1.87 bits per heavy atom. The van der Waals surface area contributed by atoms with Crippen molar-refractivity contribution in [2.75, 3.05) is 6.54 Å². The lowest BCUT2D eigenvalue weighted by Gasteiger charge is -2.22. The van der Waals surface area contributed by atoms with Gasteiger partial charge < -0.3 is 20.5 Å². The van der Waals surface area contributed by atoms with Crippen molar-refractivity contribution in [3.8, 4) is 0 Å². The number of aliphatic carboxylic acids is 1. The van der Waals surface area contributed by atoms with Crippen LogP contribution in [0.5, 0.6) is 0 Å². The molecule has 7 heteroatoms. The van der Waals surface area contributed by atoms with Crippen LogP contribution in [0.1, 0.15) is 25.8 Å². The van der Waals surface area contributed by atoms with Crippen molar-refractivity contribution >= 4 is 18.0 Å². The third-order valence-corrected chi connectivity index (χ3v) is 3.40. The fourth-order valence-corrected chi connectivity index (χ4v) is 1.87. The molecule has 0 saturated heterocycles. The van der Waals surface area contributed by atoms with Crippen molar-refractivity contribution < 1.29 is 24.2 Å². The van der Waals surface area contributed by atoms with Crippen LogP contribution in [-0.2, 0) is 20.9 Å². The molecule has 23 heavy (non-hydrogen) atoms. The van der Waals surface area contributed by atoms with E-state index in [-0.39, 0.29) is 12.5 Å². The first-order valence-corrected chi connectivity index (χ1v) is 7.40. The van der Waals surface area contributed by atoms with E-state index in [4.69, 9.17) is 9.84 Å². The first-order chi connectivity index (χ1) is 10.9. The maximum atomic E-state index is 12.0. The molecule has 0 aromatic heterocycles. The Morgan fingerprint density at radius 1 is 1.22 bits per heavy atom. The van der Waals surface area contributed by atoms with Crippen molar-refractivity contribution in [1.82, 2.24) is 10.6 Å². The zero-order chi connectivity index (χ0) is 17.2. The van der Waals surface area contributed by atoms with Crippen LogP contribution in [0.4, 0.5) is 4.79 Å². The molecule has 1 aromatic carbocycles. The molecule has 0 aliphatic heterocycles. The second-order valence-corrected chi connectivity index (χ2v) is 5.18. The van der Waals surface area contributed by atoms with Crippen molar-refractivity contribution in [3.63, 3.8) is 0 Å². The van der Waals surface area contributed by atoms with Gasteiger partial charge in [0.05, 0.1) is 0 Å². The van der Waals surface area contributed by atoms with E-state index in [2.05, 4.69) is 10.6 Å². The van der Waals surface area contributed by atoms with Gasteiger partial charge in [0.15, 0.2) is 0 Å². The molecule has 0 bridgehead atoms. The fraction of sp³-hybridized carbons (Fsp3) is 0.438. The van der Waals surface area contributed by atoms with E-state index < -0.39 is 30.6 Å². The van der Waals surface area contributed by atoms with E-state index in [1.54, 1.807) is 6.92 Å². The second-order valence-electron chi connectivity index (χ2n) is 5.18. The summed E-state index contributed by atoms with van der Waals surface area (Å²) in [6.45, 7) is 3.27. The molecule has 1 rings (SSSR count). The van der Waals surface area contributed by atoms with Crippen LogP contribution < -0.4 is 10.6 Å². The van der Waals surface area contributed by atoms with E-state index >= 15 is 0 Å². The first-order valence-electron chi connectivity index (χ1n) is 7.40. The largest absolute Gasteiger partial charge is 0.480 e. The molecule has 1 unspecified atom stereocenters. The average molecular weight is 322 g/mol. The minimum Gasteiger partial charge on any atom is -0.480 e. The van der Waals surface area contributed by atoms with Gasteiger partial charge in [0, 0.05) is 0 Å². The Kier molecular flexibility index (Phi) is 7.59. The number of benzene rings is 1. The molecule has 0 fully saturated rings. The maximum absolute atomic E-state index is 12.0. The highest BCUT2D eigenvalue weighted by Gasteiger charge is 2.26. The minimum absolute atomic E-state index is 0.0939. The number of carboxylic acids is 1. The summed E-state index contributed by atoms with van der Waals surface area (Å²) in [4.78, 5) is 34.4. The maximum Gasteiger partial charge on any atom is 0.408 e. The standard InChI is InChI=1S/C16H22N2O5/c1-3-11(2)14(15(21)17-9-13(19)20)18-16(22)23-10-12-7-5-4-6-8-12/h4-8,11,14H,3,9-10H2,1-2H3,(H,17,21)(H,18,22)(H,19,20)/t11?,14-/m0/s1. The Bertz CT molecular complexity index is 533. The van der Waals surface area contributed by atoms with E-state index in [9.17, 15) is 14.4 Å². The third-order valence-electron chi connectivity index (χ3n) is 3.40. The summed E-state index contributed by atoms with van der Waals surface area (Å²) in [6.07, 6.45) is -0.0750. The predicted molar refractivity (Wildman–Crippen MR) is 83.7 cm³/mol. The first kappa shape index (κ1) is 18.5. The number of nitrogens with one attached hydrogen (secondary N) is 2. The van der Waals surface area contributed by atoms with Gasteiger partial charge in [-0.15, -0.1) is 0 Å². The summed E-state index contributed by atoms with van der Waals surface area (Å²) < 4.78 is 5.08. The van der Waals surface area contributed by atoms with Crippen molar-refractivity contribution in [1.29, 1.82) is 0 Å². The van der Waals surface area contributed by atoms with Crippen LogP contribution in [0.2, 0.25) is 0 Å². The molecule has 126 valence electrons. The summed E-state index contributed by atoms with van der Waals surface area (Å²) in [5.74, 6) is -1.85. The van der Waals surface area contributed by atoms with Gasteiger partial charge in [-0.05, 0) is 11.5 Å². The summed E-state index contributed by atoms with van der Waals surface area (Å²) >= 11 is 0. The SMILES string of the molecule is CCC(C)[C@H](NC(=O)OCc1ccccc1)C(=O)NCC(=O)O. The highest BCUT2D eigenvalue weighted by atomic mass is 16.5. The molecule has 0 spiro atoms. The zero-order valence-electron chi connectivity index (χ0n) is 13.2. The number of rotatable bonds is 8. The van der Waals surface area contributed by atoms with Gasteiger partial charge in [0.25, 0.3) is 0 Å².